The highest BCUT2D eigenvalue weighted by molar-refractivity contribution is 6.22. The van der Waals surface area contributed by atoms with Crippen molar-refractivity contribution < 1.29 is 43.9 Å². The van der Waals surface area contributed by atoms with Gasteiger partial charge in [-0.3, -0.25) is 14.4 Å². The zero-order chi connectivity index (χ0) is 32.2. The maximum atomic E-state index is 13.8. The molecule has 1 amide bonds. The molecule has 1 saturated carbocycles. The quantitative estimate of drug-likeness (QED) is 0.217. The number of aliphatic hydroxyl groups excluding tert-OH is 2. The largest absolute Gasteiger partial charge is 0.508 e. The first kappa shape index (κ1) is 30.0. The molecule has 0 heterocycles. The Morgan fingerprint density at radius 3 is 2.44 bits per heavy atom. The van der Waals surface area contributed by atoms with Gasteiger partial charge >= 0.3 is 0 Å². The summed E-state index contributed by atoms with van der Waals surface area (Å²) in [7, 11) is 1.52. The number of carbonyl (C=O) groups excluding carboxylic acids is 3. The van der Waals surface area contributed by atoms with Crippen molar-refractivity contribution in [3.05, 3.63) is 99.6 Å². The molecular weight excluding hydrogens is 583 g/mol. The van der Waals surface area contributed by atoms with Crippen molar-refractivity contribution in [2.75, 3.05) is 7.11 Å². The van der Waals surface area contributed by atoms with Gasteiger partial charge in [0.1, 0.15) is 34.4 Å². The Morgan fingerprint density at radius 2 is 1.76 bits per heavy atom. The standard InChI is InChI=1S/C34H31FN2O8/c1-45-26-8-5-17(15-37-14-16-3-2-4-20(35)9-16)10-22(26)21-6-7-24(38)28-23(21)12-18-11-19-13-25(39)29(33(36)43)32(42)34(19,44)31(41)27(18)30(28)40/h2-10,18-19,37-38,40,42,44H,11-15H2,1H3,(H2,36,43). The van der Waals surface area contributed by atoms with Crippen molar-refractivity contribution in [1.29, 1.82) is 0 Å². The van der Waals surface area contributed by atoms with Crippen LogP contribution in [0, 0.1) is 17.7 Å². The van der Waals surface area contributed by atoms with Crippen molar-refractivity contribution in [3.63, 3.8) is 0 Å². The molecule has 3 aliphatic carbocycles. The number of methoxy groups -OCH3 is 1. The smallest absolute Gasteiger partial charge is 0.255 e. The second-order valence-corrected chi connectivity index (χ2v) is 11.7. The summed E-state index contributed by atoms with van der Waals surface area (Å²) in [6.45, 7) is 0.880. The van der Waals surface area contributed by atoms with Gasteiger partial charge in [0.25, 0.3) is 5.91 Å². The number of hydrogen-bond acceptors (Lipinski definition) is 9. The lowest BCUT2D eigenvalue weighted by Gasteiger charge is -2.46. The Bertz CT molecular complexity index is 1850. The van der Waals surface area contributed by atoms with Gasteiger partial charge in [-0.05, 0) is 71.3 Å². The molecule has 0 radical (unpaired) electrons. The molecule has 11 heteroatoms. The molecule has 0 aliphatic heterocycles. The first-order valence-electron chi connectivity index (χ1n) is 14.4. The number of ether oxygens (including phenoxy) is 1. The number of aliphatic hydroxyl groups is 3. The fourth-order valence-electron chi connectivity index (χ4n) is 6.95. The van der Waals surface area contributed by atoms with Gasteiger partial charge in [-0.25, -0.2) is 4.39 Å². The number of phenolic OH excluding ortho intramolecular Hbond substituents is 1. The fourth-order valence-corrected chi connectivity index (χ4v) is 6.95. The Balaban J connectivity index is 1.40. The average Bonchev–Trinajstić information content (AvgIpc) is 2.99. The summed E-state index contributed by atoms with van der Waals surface area (Å²) in [6.07, 6.45) is -0.212. The van der Waals surface area contributed by atoms with Crippen LogP contribution in [0.1, 0.15) is 35.1 Å². The van der Waals surface area contributed by atoms with E-state index in [9.17, 15) is 39.2 Å². The summed E-state index contributed by atoms with van der Waals surface area (Å²) in [4.78, 5) is 38.3. The van der Waals surface area contributed by atoms with Crippen molar-refractivity contribution in [1.82, 2.24) is 5.32 Å². The van der Waals surface area contributed by atoms with E-state index in [2.05, 4.69) is 5.32 Å². The molecule has 3 aromatic rings. The van der Waals surface area contributed by atoms with Gasteiger partial charge < -0.3 is 36.2 Å². The summed E-state index contributed by atoms with van der Waals surface area (Å²) >= 11 is 0. The molecule has 0 saturated heterocycles. The molecule has 6 rings (SSSR count). The predicted molar refractivity (Wildman–Crippen MR) is 160 cm³/mol. The minimum absolute atomic E-state index is 0.00341. The van der Waals surface area contributed by atoms with Crippen LogP contribution in [0.4, 0.5) is 4.39 Å². The molecule has 45 heavy (non-hydrogen) atoms. The maximum absolute atomic E-state index is 13.8. The summed E-state index contributed by atoms with van der Waals surface area (Å²) in [5, 5.41) is 47.9. The van der Waals surface area contributed by atoms with Crippen molar-refractivity contribution in [2.45, 2.75) is 38.0 Å². The van der Waals surface area contributed by atoms with Crippen LogP contribution in [0.5, 0.6) is 11.5 Å². The number of nitrogens with one attached hydrogen (secondary N) is 1. The molecule has 232 valence electrons. The van der Waals surface area contributed by atoms with Crippen LogP contribution >= 0.6 is 0 Å². The molecule has 3 aromatic carbocycles. The molecule has 0 aromatic heterocycles. The van der Waals surface area contributed by atoms with Crippen LogP contribution in [-0.4, -0.2) is 50.6 Å². The molecule has 1 fully saturated rings. The van der Waals surface area contributed by atoms with Crippen LogP contribution in [0.2, 0.25) is 0 Å². The van der Waals surface area contributed by atoms with Gasteiger partial charge in [0, 0.05) is 36.6 Å². The number of amides is 1. The minimum atomic E-state index is -2.63. The summed E-state index contributed by atoms with van der Waals surface area (Å²) in [6, 6.07) is 14.9. The topological polar surface area (TPSA) is 179 Å². The van der Waals surface area contributed by atoms with Gasteiger partial charge in [0.05, 0.1) is 12.7 Å². The third-order valence-corrected chi connectivity index (χ3v) is 9.05. The third kappa shape index (κ3) is 4.84. The van der Waals surface area contributed by atoms with E-state index in [1.165, 1.54) is 25.3 Å². The summed E-state index contributed by atoms with van der Waals surface area (Å²) < 4.78 is 19.2. The maximum Gasteiger partial charge on any atom is 0.255 e. The van der Waals surface area contributed by atoms with Crippen LogP contribution in [0.15, 0.2) is 71.5 Å². The van der Waals surface area contributed by atoms with E-state index in [4.69, 9.17) is 10.5 Å². The zero-order valence-corrected chi connectivity index (χ0v) is 24.3. The van der Waals surface area contributed by atoms with Crippen molar-refractivity contribution >= 4 is 23.2 Å². The number of carbonyl (C=O) groups is 3. The summed E-state index contributed by atoms with van der Waals surface area (Å²) in [5.41, 5.74) is 5.08. The average molecular weight is 615 g/mol. The van der Waals surface area contributed by atoms with Crippen LogP contribution < -0.4 is 15.8 Å². The Morgan fingerprint density at radius 1 is 1.02 bits per heavy atom. The first-order chi connectivity index (χ1) is 21.4. The number of Topliss-reactive ketones (excluding diaryl/α,β-unsaturated/α-hetero) is 2. The van der Waals surface area contributed by atoms with E-state index in [0.29, 0.717) is 35.5 Å². The molecule has 3 aliphatic rings. The predicted octanol–water partition coefficient (Wildman–Crippen LogP) is 3.53. The lowest BCUT2D eigenvalue weighted by atomic mass is 9.59. The third-order valence-electron chi connectivity index (χ3n) is 9.05. The van der Waals surface area contributed by atoms with Gasteiger partial charge in [-0.15, -0.1) is 0 Å². The Hall–Kier alpha value is -5.00. The number of phenols is 1. The lowest BCUT2D eigenvalue weighted by Crippen LogP contribution is -2.58. The van der Waals surface area contributed by atoms with E-state index in [1.54, 1.807) is 18.2 Å². The minimum Gasteiger partial charge on any atom is -0.508 e. The number of rotatable bonds is 7. The number of primary amides is 1. The second kappa shape index (κ2) is 11.2. The highest BCUT2D eigenvalue weighted by Gasteiger charge is 2.60. The fraction of sp³-hybridized carbons (Fsp3) is 0.265. The molecular formula is C34H31FN2O8. The van der Waals surface area contributed by atoms with Gasteiger partial charge in [0.15, 0.2) is 11.4 Å². The molecule has 10 nitrogen and oxygen atoms in total. The van der Waals surface area contributed by atoms with E-state index < -0.39 is 58.4 Å². The lowest BCUT2D eigenvalue weighted by molar-refractivity contribution is -0.147. The highest BCUT2D eigenvalue weighted by atomic mass is 19.1. The number of fused-ring (bicyclic) bond motifs is 3. The zero-order valence-electron chi connectivity index (χ0n) is 24.3. The van der Waals surface area contributed by atoms with E-state index in [-0.39, 0.29) is 35.5 Å². The van der Waals surface area contributed by atoms with Gasteiger partial charge in [0.2, 0.25) is 5.78 Å². The second-order valence-electron chi connectivity index (χ2n) is 11.7. The van der Waals surface area contributed by atoms with Crippen LogP contribution in [-0.2, 0) is 33.9 Å². The van der Waals surface area contributed by atoms with Crippen LogP contribution in [0.25, 0.3) is 16.9 Å². The Labute approximate surface area is 257 Å². The van der Waals surface area contributed by atoms with E-state index in [0.717, 1.165) is 11.1 Å². The molecule has 3 atom stereocenters. The Kier molecular flexibility index (Phi) is 7.46. The normalized spacial score (nSPS) is 22.6. The molecule has 0 spiro atoms. The number of ketones is 2. The number of halogens is 1. The first-order valence-corrected chi connectivity index (χ1v) is 14.4. The number of nitrogens with two attached hydrogens (primary N) is 1. The monoisotopic (exact) mass is 614 g/mol. The molecule has 3 unspecified atom stereocenters. The number of aromatic hydroxyl groups is 1. The van der Waals surface area contributed by atoms with Crippen molar-refractivity contribution in [3.8, 4) is 22.6 Å². The summed E-state index contributed by atoms with van der Waals surface area (Å²) in [5.74, 6) is -6.61. The number of benzene rings is 3. The SMILES string of the molecule is COc1ccc(CNCc2cccc(F)c2)cc1-c1ccc(O)c2c1CC1CC3CC(=O)C(C(N)=O)=C(O)C3(O)C(=O)C1=C2O. The molecule has 7 N–H and O–H groups in total. The van der Waals surface area contributed by atoms with Gasteiger partial charge in [-0.1, -0.05) is 24.3 Å². The van der Waals surface area contributed by atoms with E-state index >= 15 is 0 Å². The number of hydrogen-bond donors (Lipinski definition) is 6. The van der Waals surface area contributed by atoms with Crippen LogP contribution in [0.3, 0.4) is 0 Å². The van der Waals surface area contributed by atoms with Crippen molar-refractivity contribution in [2.24, 2.45) is 17.6 Å². The van der Waals surface area contributed by atoms with E-state index in [1.807, 2.05) is 18.2 Å². The highest BCUT2D eigenvalue weighted by Crippen LogP contribution is 2.53. The van der Waals surface area contributed by atoms with Gasteiger partial charge in [-0.2, -0.15) is 0 Å². The molecule has 0 bridgehead atoms.